The van der Waals surface area contributed by atoms with Crippen molar-refractivity contribution in [1.82, 2.24) is 4.90 Å². The Balaban J connectivity index is 1.46. The van der Waals surface area contributed by atoms with Gasteiger partial charge in [-0.1, -0.05) is 5.57 Å². The van der Waals surface area contributed by atoms with Gasteiger partial charge in [-0.15, -0.1) is 13.2 Å². The standard InChI is InChI=1S/C18H18BF3N2O2/c19-16(15-11-5-10-6-12(15)9-24(7-10)8-11)17(25)23-13-1-3-14(4-2-13)26-18(20,21)22/h1-4,10-12H,5-9H2,(H,23,25). The lowest BCUT2D eigenvalue weighted by Gasteiger charge is -2.53. The third-order valence-corrected chi connectivity index (χ3v) is 5.49. The summed E-state index contributed by atoms with van der Waals surface area (Å²) in [7, 11) is 6.18. The van der Waals surface area contributed by atoms with Crippen molar-refractivity contribution in [2.24, 2.45) is 17.8 Å². The number of nitrogens with zero attached hydrogens (tertiary/aromatic N) is 1. The zero-order chi connectivity index (χ0) is 18.5. The Morgan fingerprint density at radius 1 is 1.12 bits per heavy atom. The fourth-order valence-electron chi connectivity index (χ4n) is 4.70. The van der Waals surface area contributed by atoms with Gasteiger partial charge >= 0.3 is 6.36 Å². The quantitative estimate of drug-likeness (QED) is 0.664. The molecule has 26 heavy (non-hydrogen) atoms. The first kappa shape index (κ1) is 17.5. The molecule has 5 rings (SSSR count). The second-order valence-electron chi connectivity index (χ2n) is 7.35. The van der Waals surface area contributed by atoms with Gasteiger partial charge in [0.2, 0.25) is 5.91 Å². The molecule has 4 fully saturated rings. The molecule has 3 saturated heterocycles. The number of halogens is 3. The Bertz CT molecular complexity index is 716. The molecule has 4 nitrogen and oxygen atoms in total. The number of anilines is 1. The average molecular weight is 362 g/mol. The highest BCUT2D eigenvalue weighted by Gasteiger charge is 2.45. The fraction of sp³-hybridized carbons (Fsp3) is 0.500. The van der Waals surface area contributed by atoms with Gasteiger partial charge in [0.15, 0.2) is 0 Å². The second kappa shape index (κ2) is 6.34. The lowest BCUT2D eigenvalue weighted by atomic mass is 9.62. The third kappa shape index (κ3) is 3.47. The van der Waals surface area contributed by atoms with Crippen LogP contribution >= 0.6 is 0 Å². The average Bonchev–Trinajstić information content (AvgIpc) is 2.54. The summed E-state index contributed by atoms with van der Waals surface area (Å²) in [6.07, 6.45) is -2.57. The van der Waals surface area contributed by atoms with Crippen LogP contribution in [0.5, 0.6) is 5.75 Å². The summed E-state index contributed by atoms with van der Waals surface area (Å²) < 4.78 is 40.4. The van der Waals surface area contributed by atoms with Crippen LogP contribution in [-0.2, 0) is 4.79 Å². The van der Waals surface area contributed by atoms with E-state index in [9.17, 15) is 18.0 Å². The number of amides is 1. The third-order valence-electron chi connectivity index (χ3n) is 5.49. The first-order chi connectivity index (χ1) is 12.3. The Morgan fingerprint density at radius 2 is 1.73 bits per heavy atom. The molecule has 1 amide bonds. The van der Waals surface area contributed by atoms with E-state index < -0.39 is 12.3 Å². The maximum absolute atomic E-state index is 12.5. The summed E-state index contributed by atoms with van der Waals surface area (Å²) in [5, 5.41) is 2.67. The molecule has 3 aliphatic heterocycles. The van der Waals surface area contributed by atoms with Gasteiger partial charge < -0.3 is 15.0 Å². The molecule has 1 saturated carbocycles. The van der Waals surface area contributed by atoms with Crippen molar-refractivity contribution in [2.75, 3.05) is 25.0 Å². The number of carbonyl (C=O) groups is 1. The number of hydrogen-bond acceptors (Lipinski definition) is 3. The molecule has 1 aromatic carbocycles. The number of hydrogen-bond donors (Lipinski definition) is 1. The van der Waals surface area contributed by atoms with Crippen LogP contribution in [0.4, 0.5) is 18.9 Å². The minimum atomic E-state index is -4.74. The SMILES string of the molecule is [B]C(C(=O)Nc1ccc(OC(F)(F)F)cc1)=C1C2CC3CC1CN(C3)C2. The van der Waals surface area contributed by atoms with E-state index in [2.05, 4.69) is 15.0 Å². The van der Waals surface area contributed by atoms with Gasteiger partial charge in [-0.3, -0.25) is 4.79 Å². The van der Waals surface area contributed by atoms with E-state index in [-0.39, 0.29) is 11.2 Å². The molecule has 2 radical (unpaired) electrons. The van der Waals surface area contributed by atoms with E-state index in [1.165, 1.54) is 12.1 Å². The normalized spacial score (nSPS) is 29.6. The van der Waals surface area contributed by atoms with Crippen molar-refractivity contribution < 1.29 is 22.7 Å². The molecule has 1 N–H and O–H groups in total. The van der Waals surface area contributed by atoms with Crippen LogP contribution < -0.4 is 10.1 Å². The van der Waals surface area contributed by atoms with Gasteiger partial charge in [0, 0.05) is 25.3 Å². The van der Waals surface area contributed by atoms with E-state index in [1.807, 2.05) is 0 Å². The smallest absolute Gasteiger partial charge is 0.406 e. The Kier molecular flexibility index (Phi) is 4.25. The van der Waals surface area contributed by atoms with Crippen LogP contribution in [-0.4, -0.2) is 44.6 Å². The molecule has 0 aromatic heterocycles. The number of ether oxygens (including phenoxy) is 1. The van der Waals surface area contributed by atoms with Crippen LogP contribution in [0.25, 0.3) is 0 Å². The first-order valence-electron chi connectivity index (χ1n) is 8.67. The Hall–Kier alpha value is -1.96. The van der Waals surface area contributed by atoms with Crippen molar-refractivity contribution in [3.63, 3.8) is 0 Å². The van der Waals surface area contributed by atoms with Crippen molar-refractivity contribution in [1.29, 1.82) is 0 Å². The predicted octanol–water partition coefficient (Wildman–Crippen LogP) is 2.92. The summed E-state index contributed by atoms with van der Waals surface area (Å²) in [5.41, 5.74) is 1.70. The minimum absolute atomic E-state index is 0.260. The molecule has 4 bridgehead atoms. The number of alkyl halides is 3. The van der Waals surface area contributed by atoms with E-state index >= 15 is 0 Å². The molecule has 1 aliphatic carbocycles. The summed E-state index contributed by atoms with van der Waals surface area (Å²) >= 11 is 0. The van der Waals surface area contributed by atoms with Crippen LogP contribution in [0.15, 0.2) is 35.3 Å². The summed E-state index contributed by atoms with van der Waals surface area (Å²) in [4.78, 5) is 15.0. The van der Waals surface area contributed by atoms with Gasteiger partial charge in [-0.25, -0.2) is 0 Å². The Morgan fingerprint density at radius 3 is 2.27 bits per heavy atom. The highest BCUT2D eigenvalue weighted by Crippen LogP contribution is 2.47. The molecule has 3 heterocycles. The molecule has 4 aliphatic rings. The van der Waals surface area contributed by atoms with E-state index in [0.29, 0.717) is 23.4 Å². The van der Waals surface area contributed by atoms with Crippen LogP contribution in [0, 0.1) is 17.8 Å². The van der Waals surface area contributed by atoms with Crippen LogP contribution in [0.3, 0.4) is 0 Å². The molecule has 1 aromatic rings. The summed E-state index contributed by atoms with van der Waals surface area (Å²) in [5.74, 6) is 0.654. The highest BCUT2D eigenvalue weighted by molar-refractivity contribution is 6.39. The molecule has 2 atom stereocenters. The van der Waals surface area contributed by atoms with Crippen molar-refractivity contribution in [3.05, 3.63) is 35.3 Å². The lowest BCUT2D eigenvalue weighted by Crippen LogP contribution is -2.55. The van der Waals surface area contributed by atoms with Gasteiger partial charge in [0.1, 0.15) is 13.6 Å². The van der Waals surface area contributed by atoms with Gasteiger partial charge in [0.25, 0.3) is 0 Å². The van der Waals surface area contributed by atoms with Gasteiger partial charge in [-0.05, 0) is 60.3 Å². The van der Waals surface area contributed by atoms with Crippen molar-refractivity contribution in [3.8, 4) is 5.75 Å². The fourth-order valence-corrected chi connectivity index (χ4v) is 4.70. The van der Waals surface area contributed by atoms with Gasteiger partial charge in [0.05, 0.1) is 0 Å². The second-order valence-corrected chi connectivity index (χ2v) is 7.35. The number of rotatable bonds is 3. The largest absolute Gasteiger partial charge is 0.573 e. The predicted molar refractivity (Wildman–Crippen MR) is 90.7 cm³/mol. The van der Waals surface area contributed by atoms with Crippen LogP contribution in [0.1, 0.15) is 12.8 Å². The summed E-state index contributed by atoms with van der Waals surface area (Å²) in [6, 6.07) is 5.03. The van der Waals surface area contributed by atoms with Crippen LogP contribution in [0.2, 0.25) is 0 Å². The zero-order valence-corrected chi connectivity index (χ0v) is 14.1. The topological polar surface area (TPSA) is 41.6 Å². The van der Waals surface area contributed by atoms with E-state index in [4.69, 9.17) is 7.85 Å². The molecule has 0 spiro atoms. The number of piperidine rings is 3. The maximum Gasteiger partial charge on any atom is 0.573 e. The minimum Gasteiger partial charge on any atom is -0.406 e. The zero-order valence-electron chi connectivity index (χ0n) is 14.1. The number of benzene rings is 1. The van der Waals surface area contributed by atoms with E-state index in [1.54, 1.807) is 0 Å². The lowest BCUT2D eigenvalue weighted by molar-refractivity contribution is -0.274. The first-order valence-corrected chi connectivity index (χ1v) is 8.67. The van der Waals surface area contributed by atoms with Gasteiger partial charge in [-0.2, -0.15) is 0 Å². The van der Waals surface area contributed by atoms with Crippen molar-refractivity contribution in [2.45, 2.75) is 19.2 Å². The van der Waals surface area contributed by atoms with Crippen molar-refractivity contribution >= 4 is 19.4 Å². The maximum atomic E-state index is 12.5. The molecule has 136 valence electrons. The highest BCUT2D eigenvalue weighted by atomic mass is 19.4. The monoisotopic (exact) mass is 362 g/mol. The molecule has 8 heteroatoms. The summed E-state index contributed by atoms with van der Waals surface area (Å²) in [6.45, 7) is 3.07. The number of nitrogens with one attached hydrogen (secondary N) is 1. The number of carbonyl (C=O) groups excluding carboxylic acids is 1. The Labute approximate surface area is 150 Å². The molecular formula is C18H18BF3N2O2. The molecule has 2 unspecified atom stereocenters. The molecular weight excluding hydrogens is 344 g/mol. The van der Waals surface area contributed by atoms with E-state index in [0.717, 1.165) is 50.2 Å².